The Morgan fingerprint density at radius 3 is 2.50 bits per heavy atom. The molecule has 0 spiro atoms. The third kappa shape index (κ3) is 2.68. The monoisotopic (exact) mass is 285 g/mol. The first-order valence-electron chi connectivity index (χ1n) is 7.57. The van der Waals surface area contributed by atoms with E-state index in [1.807, 2.05) is 11.3 Å². The molecule has 1 saturated carbocycles. The molecular weight excluding hydrogens is 262 g/mol. The van der Waals surface area contributed by atoms with E-state index in [9.17, 15) is 0 Å². The molecule has 2 heteroatoms. The van der Waals surface area contributed by atoms with E-state index in [4.69, 9.17) is 0 Å². The molecule has 1 unspecified atom stereocenters. The Hall–Kier alpha value is -1.12. The average molecular weight is 285 g/mol. The highest BCUT2D eigenvalue weighted by Crippen LogP contribution is 2.44. The number of hydrogen-bond donors (Lipinski definition) is 1. The third-order valence-corrected chi connectivity index (χ3v) is 5.39. The molecule has 20 heavy (non-hydrogen) atoms. The Kier molecular flexibility index (Phi) is 3.95. The van der Waals surface area contributed by atoms with Gasteiger partial charge in [0.15, 0.2) is 0 Å². The van der Waals surface area contributed by atoms with E-state index in [0.717, 1.165) is 5.92 Å². The maximum atomic E-state index is 3.49. The molecule has 2 aromatic rings. The van der Waals surface area contributed by atoms with Gasteiger partial charge >= 0.3 is 0 Å². The van der Waals surface area contributed by atoms with Crippen LogP contribution in [0, 0.1) is 5.92 Å². The smallest absolute Gasteiger partial charge is 0.0441 e. The standard InChI is InChI=1S/C18H23NS/c1-12(2)14-6-4-5-7-15(14)16-10-11-17(20-16)18(19-3)13-8-9-13/h4-7,10-13,18-19H,8-9H2,1-3H3. The summed E-state index contributed by atoms with van der Waals surface area (Å²) in [6.45, 7) is 4.54. The minimum absolute atomic E-state index is 0.556. The minimum atomic E-state index is 0.556. The van der Waals surface area contributed by atoms with Crippen LogP contribution in [0.25, 0.3) is 10.4 Å². The van der Waals surface area contributed by atoms with Gasteiger partial charge in [0.05, 0.1) is 0 Å². The summed E-state index contributed by atoms with van der Waals surface area (Å²) >= 11 is 1.96. The molecule has 1 heterocycles. The predicted molar refractivity (Wildman–Crippen MR) is 88.4 cm³/mol. The maximum absolute atomic E-state index is 3.49. The van der Waals surface area contributed by atoms with E-state index in [1.54, 1.807) is 0 Å². The van der Waals surface area contributed by atoms with Gasteiger partial charge in [-0.1, -0.05) is 38.1 Å². The fraction of sp³-hybridized carbons (Fsp3) is 0.444. The summed E-state index contributed by atoms with van der Waals surface area (Å²) in [4.78, 5) is 2.90. The fourth-order valence-corrected chi connectivity index (χ4v) is 4.19. The number of hydrogen-bond acceptors (Lipinski definition) is 2. The van der Waals surface area contributed by atoms with Crippen LogP contribution in [0.3, 0.4) is 0 Å². The molecule has 1 aliphatic rings. The van der Waals surface area contributed by atoms with Gasteiger partial charge in [-0.05, 0) is 55.0 Å². The van der Waals surface area contributed by atoms with Crippen LogP contribution in [0.5, 0.6) is 0 Å². The molecule has 0 amide bonds. The fourth-order valence-electron chi connectivity index (χ4n) is 2.93. The number of thiophene rings is 1. The van der Waals surface area contributed by atoms with Gasteiger partial charge in [-0.25, -0.2) is 0 Å². The van der Waals surface area contributed by atoms with Crippen LogP contribution in [0.15, 0.2) is 36.4 Å². The first kappa shape index (κ1) is 13.8. The van der Waals surface area contributed by atoms with E-state index in [1.165, 1.54) is 33.7 Å². The van der Waals surface area contributed by atoms with Gasteiger partial charge < -0.3 is 5.32 Å². The molecule has 3 rings (SSSR count). The van der Waals surface area contributed by atoms with Crippen molar-refractivity contribution in [3.63, 3.8) is 0 Å². The third-order valence-electron chi connectivity index (χ3n) is 4.19. The highest BCUT2D eigenvalue weighted by atomic mass is 32.1. The van der Waals surface area contributed by atoms with Gasteiger partial charge in [0.25, 0.3) is 0 Å². The summed E-state index contributed by atoms with van der Waals surface area (Å²) in [6.07, 6.45) is 2.75. The first-order valence-corrected chi connectivity index (χ1v) is 8.38. The van der Waals surface area contributed by atoms with Gasteiger partial charge in [0.1, 0.15) is 0 Å². The average Bonchev–Trinajstić information content (AvgIpc) is 3.17. The zero-order valence-electron chi connectivity index (χ0n) is 12.5. The molecule has 0 radical (unpaired) electrons. The van der Waals surface area contributed by atoms with Crippen molar-refractivity contribution in [2.75, 3.05) is 7.05 Å². The lowest BCUT2D eigenvalue weighted by Gasteiger charge is -2.13. The highest BCUT2D eigenvalue weighted by Gasteiger charge is 2.32. The molecule has 1 aromatic carbocycles. The maximum Gasteiger partial charge on any atom is 0.0441 e. The molecular formula is C18H23NS. The molecule has 1 aromatic heterocycles. The second kappa shape index (κ2) is 5.71. The Bertz CT molecular complexity index is 581. The lowest BCUT2D eigenvalue weighted by atomic mass is 9.96. The van der Waals surface area contributed by atoms with E-state index in [0.29, 0.717) is 12.0 Å². The quantitative estimate of drug-likeness (QED) is 0.795. The summed E-state index contributed by atoms with van der Waals surface area (Å²) in [6, 6.07) is 14.0. The molecule has 1 aliphatic carbocycles. The summed E-state index contributed by atoms with van der Waals surface area (Å²) in [5.41, 5.74) is 2.86. The largest absolute Gasteiger partial charge is 0.312 e. The SMILES string of the molecule is CNC(c1ccc(-c2ccccc2C(C)C)s1)C1CC1. The molecule has 0 bridgehead atoms. The number of rotatable bonds is 5. The Morgan fingerprint density at radius 2 is 1.85 bits per heavy atom. The Labute approximate surface area is 126 Å². The molecule has 1 nitrogen and oxygen atoms in total. The molecule has 106 valence electrons. The van der Waals surface area contributed by atoms with Gasteiger partial charge in [0.2, 0.25) is 0 Å². The van der Waals surface area contributed by atoms with Crippen LogP contribution < -0.4 is 5.32 Å². The van der Waals surface area contributed by atoms with E-state index < -0.39 is 0 Å². The molecule has 0 saturated heterocycles. The number of nitrogens with one attached hydrogen (secondary N) is 1. The zero-order valence-corrected chi connectivity index (χ0v) is 13.3. The van der Waals surface area contributed by atoms with Crippen molar-refractivity contribution < 1.29 is 0 Å². The van der Waals surface area contributed by atoms with Crippen molar-refractivity contribution in [1.29, 1.82) is 0 Å². The van der Waals surface area contributed by atoms with Crippen LogP contribution in [0.4, 0.5) is 0 Å². The lowest BCUT2D eigenvalue weighted by Crippen LogP contribution is -2.16. The topological polar surface area (TPSA) is 12.0 Å². The van der Waals surface area contributed by atoms with Crippen LogP contribution in [0.1, 0.15) is 49.1 Å². The molecule has 0 aliphatic heterocycles. The van der Waals surface area contributed by atoms with E-state index >= 15 is 0 Å². The van der Waals surface area contributed by atoms with Crippen LogP contribution >= 0.6 is 11.3 Å². The van der Waals surface area contributed by atoms with E-state index in [-0.39, 0.29) is 0 Å². The van der Waals surface area contributed by atoms with Gasteiger partial charge in [-0.3, -0.25) is 0 Å². The Balaban J connectivity index is 1.93. The Morgan fingerprint density at radius 1 is 1.10 bits per heavy atom. The zero-order chi connectivity index (χ0) is 14.1. The van der Waals surface area contributed by atoms with Crippen LogP contribution in [-0.4, -0.2) is 7.05 Å². The van der Waals surface area contributed by atoms with Crippen LogP contribution in [0.2, 0.25) is 0 Å². The summed E-state index contributed by atoms with van der Waals surface area (Å²) < 4.78 is 0. The summed E-state index contributed by atoms with van der Waals surface area (Å²) in [5.74, 6) is 1.42. The van der Waals surface area contributed by atoms with Crippen LogP contribution in [-0.2, 0) is 0 Å². The van der Waals surface area contributed by atoms with Crippen molar-refractivity contribution in [2.24, 2.45) is 5.92 Å². The van der Waals surface area contributed by atoms with Crippen molar-refractivity contribution in [2.45, 2.75) is 38.6 Å². The normalized spacial score (nSPS) is 16.6. The second-order valence-electron chi connectivity index (χ2n) is 6.05. The molecule has 1 N–H and O–H groups in total. The second-order valence-corrected chi connectivity index (χ2v) is 7.16. The first-order chi connectivity index (χ1) is 9.70. The van der Waals surface area contributed by atoms with Crippen molar-refractivity contribution >= 4 is 11.3 Å². The van der Waals surface area contributed by atoms with Crippen molar-refractivity contribution in [1.82, 2.24) is 5.32 Å². The lowest BCUT2D eigenvalue weighted by molar-refractivity contribution is 0.537. The van der Waals surface area contributed by atoms with Gasteiger partial charge in [-0.2, -0.15) is 0 Å². The molecule has 1 fully saturated rings. The van der Waals surface area contributed by atoms with E-state index in [2.05, 4.69) is 62.6 Å². The summed E-state index contributed by atoms with van der Waals surface area (Å²) in [7, 11) is 2.09. The minimum Gasteiger partial charge on any atom is -0.312 e. The van der Waals surface area contributed by atoms with Gasteiger partial charge in [0, 0.05) is 15.8 Å². The van der Waals surface area contributed by atoms with Crippen molar-refractivity contribution in [3.05, 3.63) is 46.8 Å². The van der Waals surface area contributed by atoms with Gasteiger partial charge in [-0.15, -0.1) is 11.3 Å². The summed E-state index contributed by atoms with van der Waals surface area (Å²) in [5, 5.41) is 3.49. The predicted octanol–water partition coefficient (Wildman–Crippen LogP) is 5.21. The van der Waals surface area contributed by atoms with Crippen molar-refractivity contribution in [3.8, 4) is 10.4 Å². The highest BCUT2D eigenvalue weighted by molar-refractivity contribution is 7.15. The molecule has 1 atom stereocenters. The number of benzene rings is 1.